The summed E-state index contributed by atoms with van der Waals surface area (Å²) in [6.45, 7) is 1.80. The number of rotatable bonds is 4. The lowest BCUT2D eigenvalue weighted by atomic mass is 10.1. The highest BCUT2D eigenvalue weighted by Gasteiger charge is 2.27. The van der Waals surface area contributed by atoms with Crippen LogP contribution in [0.5, 0.6) is 0 Å². The summed E-state index contributed by atoms with van der Waals surface area (Å²) in [5.74, 6) is 0.0526. The molecule has 1 heterocycles. The Labute approximate surface area is 128 Å². The van der Waals surface area contributed by atoms with E-state index in [0.717, 1.165) is 6.42 Å². The van der Waals surface area contributed by atoms with E-state index >= 15 is 0 Å². The van der Waals surface area contributed by atoms with Crippen LogP contribution in [0.1, 0.15) is 16.8 Å². The third kappa shape index (κ3) is 3.94. The largest absolute Gasteiger partial charge is 0.384 e. The normalized spacial score (nSPS) is 19.0. The van der Waals surface area contributed by atoms with Crippen molar-refractivity contribution in [2.45, 2.75) is 11.3 Å². The van der Waals surface area contributed by atoms with Crippen molar-refractivity contribution in [3.63, 3.8) is 0 Å². The fourth-order valence-electron chi connectivity index (χ4n) is 2.42. The molecule has 2 N–H and O–H groups in total. The van der Waals surface area contributed by atoms with Gasteiger partial charge in [-0.3, -0.25) is 4.79 Å². The van der Waals surface area contributed by atoms with Crippen molar-refractivity contribution >= 4 is 27.5 Å². The zero-order chi connectivity index (χ0) is 15.6. The minimum Gasteiger partial charge on any atom is -0.384 e. The minimum atomic E-state index is -3.90. The quantitative estimate of drug-likeness (QED) is 0.894. The smallest absolute Gasteiger partial charge is 0.253 e. The first-order valence-corrected chi connectivity index (χ1v) is 8.35. The van der Waals surface area contributed by atoms with Gasteiger partial charge in [0.25, 0.3) is 5.91 Å². The number of nitrogens with zero attached hydrogens (tertiary/aromatic N) is 1. The van der Waals surface area contributed by atoms with Gasteiger partial charge in [-0.2, -0.15) is 0 Å². The molecule has 116 valence electrons. The van der Waals surface area contributed by atoms with E-state index in [1.807, 2.05) is 0 Å². The van der Waals surface area contributed by atoms with Crippen molar-refractivity contribution in [3.05, 3.63) is 28.8 Å². The number of carbonyl (C=O) groups excluding carboxylic acids is 1. The van der Waals surface area contributed by atoms with Crippen LogP contribution in [0.4, 0.5) is 0 Å². The summed E-state index contributed by atoms with van der Waals surface area (Å²) in [6, 6.07) is 3.93. The first-order valence-electron chi connectivity index (χ1n) is 6.43. The molecule has 1 aliphatic heterocycles. The molecule has 6 nitrogen and oxygen atoms in total. The number of likely N-dealkylation sites (tertiary alicyclic amines) is 1. The van der Waals surface area contributed by atoms with Crippen molar-refractivity contribution in [2.24, 2.45) is 11.1 Å². The van der Waals surface area contributed by atoms with Crippen LogP contribution in [0, 0.1) is 5.92 Å². The second-order valence-electron chi connectivity index (χ2n) is 5.08. The maximum atomic E-state index is 12.4. The van der Waals surface area contributed by atoms with E-state index in [4.69, 9.17) is 21.5 Å². The average Bonchev–Trinajstić information content (AvgIpc) is 2.85. The topological polar surface area (TPSA) is 89.7 Å². The van der Waals surface area contributed by atoms with E-state index in [1.165, 1.54) is 18.2 Å². The van der Waals surface area contributed by atoms with Gasteiger partial charge in [-0.25, -0.2) is 13.6 Å². The molecule has 1 fully saturated rings. The lowest BCUT2D eigenvalue weighted by Gasteiger charge is -2.17. The molecule has 1 atom stereocenters. The molecular formula is C13H17ClN2O4S. The highest BCUT2D eigenvalue weighted by molar-refractivity contribution is 7.89. The summed E-state index contributed by atoms with van der Waals surface area (Å²) >= 11 is 5.87. The van der Waals surface area contributed by atoms with Crippen LogP contribution in [0.25, 0.3) is 0 Å². The fraction of sp³-hybridized carbons (Fsp3) is 0.462. The van der Waals surface area contributed by atoms with E-state index in [2.05, 4.69) is 0 Å². The number of halogens is 1. The van der Waals surface area contributed by atoms with Gasteiger partial charge in [0.2, 0.25) is 10.0 Å². The van der Waals surface area contributed by atoms with Crippen LogP contribution in [-0.2, 0) is 14.8 Å². The molecule has 2 rings (SSSR count). The highest BCUT2D eigenvalue weighted by Crippen LogP contribution is 2.23. The fourth-order valence-corrected chi connectivity index (χ4v) is 3.30. The number of carbonyl (C=O) groups is 1. The summed E-state index contributed by atoms with van der Waals surface area (Å²) < 4.78 is 27.9. The van der Waals surface area contributed by atoms with Crippen molar-refractivity contribution in [1.29, 1.82) is 0 Å². The van der Waals surface area contributed by atoms with Crippen LogP contribution in [-0.4, -0.2) is 46.0 Å². The molecule has 1 aromatic rings. The predicted octanol–water partition coefficient (Wildman–Crippen LogP) is 1.10. The molecule has 0 spiro atoms. The van der Waals surface area contributed by atoms with Gasteiger partial charge >= 0.3 is 0 Å². The van der Waals surface area contributed by atoms with Crippen molar-refractivity contribution in [2.75, 3.05) is 26.8 Å². The zero-order valence-corrected chi connectivity index (χ0v) is 13.2. The lowest BCUT2D eigenvalue weighted by molar-refractivity contribution is 0.0775. The number of sulfonamides is 1. The number of nitrogens with two attached hydrogens (primary N) is 1. The molecular weight excluding hydrogens is 316 g/mol. The number of methoxy groups -OCH3 is 1. The molecule has 0 radical (unpaired) electrons. The lowest BCUT2D eigenvalue weighted by Crippen LogP contribution is -2.29. The second-order valence-corrected chi connectivity index (χ2v) is 7.08. The molecule has 1 aliphatic rings. The summed E-state index contributed by atoms with van der Waals surface area (Å²) in [4.78, 5) is 13.9. The molecule has 1 unspecified atom stereocenters. The summed E-state index contributed by atoms with van der Waals surface area (Å²) in [5.41, 5.74) is 0.226. The van der Waals surface area contributed by atoms with E-state index in [0.29, 0.717) is 25.6 Å². The molecule has 8 heteroatoms. The standard InChI is InChI=1S/C13H17ClN2O4S/c1-20-8-9-2-3-16(7-9)13(17)10-4-11(14)6-12(5-10)21(15,18)19/h4-6,9H,2-3,7-8H2,1H3,(H2,15,18,19). The van der Waals surface area contributed by atoms with Crippen molar-refractivity contribution < 1.29 is 17.9 Å². The predicted molar refractivity (Wildman–Crippen MR) is 78.7 cm³/mol. The van der Waals surface area contributed by atoms with Crippen LogP contribution in [0.3, 0.4) is 0 Å². The van der Waals surface area contributed by atoms with Crippen LogP contribution in [0.15, 0.2) is 23.1 Å². The first kappa shape index (κ1) is 16.2. The monoisotopic (exact) mass is 332 g/mol. The van der Waals surface area contributed by atoms with Gasteiger partial charge in [0.15, 0.2) is 0 Å². The van der Waals surface area contributed by atoms with E-state index < -0.39 is 10.0 Å². The SMILES string of the molecule is COCC1CCN(C(=O)c2cc(Cl)cc(S(N)(=O)=O)c2)C1. The molecule has 1 saturated heterocycles. The molecule has 21 heavy (non-hydrogen) atoms. The number of benzene rings is 1. The summed E-state index contributed by atoms with van der Waals surface area (Å²) in [6.07, 6.45) is 0.863. The average molecular weight is 333 g/mol. The third-order valence-electron chi connectivity index (χ3n) is 3.42. The Morgan fingerprint density at radius 1 is 1.48 bits per heavy atom. The number of hydrogen-bond donors (Lipinski definition) is 1. The van der Waals surface area contributed by atoms with Gasteiger partial charge in [0, 0.05) is 36.7 Å². The van der Waals surface area contributed by atoms with Gasteiger partial charge in [-0.05, 0) is 24.6 Å². The summed E-state index contributed by atoms with van der Waals surface area (Å²) in [7, 11) is -2.27. The van der Waals surface area contributed by atoms with E-state index in [1.54, 1.807) is 12.0 Å². The van der Waals surface area contributed by atoms with E-state index in [9.17, 15) is 13.2 Å². The van der Waals surface area contributed by atoms with Gasteiger partial charge < -0.3 is 9.64 Å². The van der Waals surface area contributed by atoms with Crippen molar-refractivity contribution in [1.82, 2.24) is 4.90 Å². The highest BCUT2D eigenvalue weighted by atomic mass is 35.5. The Hall–Kier alpha value is -1.15. The van der Waals surface area contributed by atoms with Crippen LogP contribution >= 0.6 is 11.6 Å². The maximum absolute atomic E-state index is 12.4. The van der Waals surface area contributed by atoms with E-state index in [-0.39, 0.29) is 21.4 Å². The Kier molecular flexibility index (Phi) is 4.88. The molecule has 1 aromatic carbocycles. The van der Waals surface area contributed by atoms with Crippen molar-refractivity contribution in [3.8, 4) is 0 Å². The number of primary sulfonamides is 1. The molecule has 0 aromatic heterocycles. The van der Waals surface area contributed by atoms with Gasteiger partial charge in [0.1, 0.15) is 0 Å². The minimum absolute atomic E-state index is 0.161. The first-order chi connectivity index (χ1) is 9.81. The molecule has 1 amide bonds. The van der Waals surface area contributed by atoms with Gasteiger partial charge in [0.05, 0.1) is 11.5 Å². The number of ether oxygens (including phenoxy) is 1. The molecule has 0 saturated carbocycles. The molecule has 0 bridgehead atoms. The Morgan fingerprint density at radius 2 is 2.19 bits per heavy atom. The molecule has 0 aliphatic carbocycles. The van der Waals surface area contributed by atoms with Gasteiger partial charge in [-0.15, -0.1) is 0 Å². The summed E-state index contributed by atoms with van der Waals surface area (Å²) in [5, 5.41) is 5.25. The Morgan fingerprint density at radius 3 is 2.81 bits per heavy atom. The number of hydrogen-bond acceptors (Lipinski definition) is 4. The van der Waals surface area contributed by atoms with Crippen LogP contribution < -0.4 is 5.14 Å². The van der Waals surface area contributed by atoms with Gasteiger partial charge in [-0.1, -0.05) is 11.6 Å². The Bertz CT molecular complexity index is 648. The maximum Gasteiger partial charge on any atom is 0.253 e. The zero-order valence-electron chi connectivity index (χ0n) is 11.6. The third-order valence-corrected chi connectivity index (χ3v) is 4.53. The second kappa shape index (κ2) is 6.31. The number of amides is 1. The van der Waals surface area contributed by atoms with Crippen LogP contribution in [0.2, 0.25) is 5.02 Å². The Balaban J connectivity index is 2.22.